The number of sulfonamides is 1. The SMILES string of the molecule is CCN(CC)S(=O)(=O)c1cc(C(=O)OCC(=O)Nc2ccc(OC(F)F)cc2)ccc1Cl. The first-order valence-corrected chi connectivity index (χ1v) is 11.2. The van der Waals surface area contributed by atoms with E-state index < -0.39 is 35.1 Å². The summed E-state index contributed by atoms with van der Waals surface area (Å²) in [6, 6.07) is 8.78. The summed E-state index contributed by atoms with van der Waals surface area (Å²) in [4.78, 5) is 24.1. The number of hydrogen-bond acceptors (Lipinski definition) is 6. The van der Waals surface area contributed by atoms with Crippen molar-refractivity contribution in [3.05, 3.63) is 53.1 Å². The molecule has 0 saturated heterocycles. The van der Waals surface area contributed by atoms with E-state index in [2.05, 4.69) is 10.1 Å². The fourth-order valence-electron chi connectivity index (χ4n) is 2.66. The van der Waals surface area contributed by atoms with E-state index in [1.807, 2.05) is 0 Å². The smallest absolute Gasteiger partial charge is 0.387 e. The molecule has 0 unspecified atom stereocenters. The molecular formula is C20H21ClF2N2O6S. The van der Waals surface area contributed by atoms with Gasteiger partial charge in [0, 0.05) is 18.8 Å². The van der Waals surface area contributed by atoms with Crippen LogP contribution in [0.4, 0.5) is 14.5 Å². The predicted molar refractivity (Wildman–Crippen MR) is 114 cm³/mol. The zero-order chi connectivity index (χ0) is 23.9. The average Bonchev–Trinajstić information content (AvgIpc) is 2.74. The summed E-state index contributed by atoms with van der Waals surface area (Å²) in [6.45, 7) is 0.161. The molecule has 0 radical (unpaired) electrons. The third-order valence-electron chi connectivity index (χ3n) is 4.19. The van der Waals surface area contributed by atoms with Gasteiger partial charge in [0.05, 0.1) is 10.6 Å². The summed E-state index contributed by atoms with van der Waals surface area (Å²) in [5.41, 5.74) is 0.174. The molecule has 2 aromatic rings. The molecule has 12 heteroatoms. The highest BCUT2D eigenvalue weighted by atomic mass is 35.5. The molecule has 0 saturated carbocycles. The zero-order valence-electron chi connectivity index (χ0n) is 17.2. The van der Waals surface area contributed by atoms with Gasteiger partial charge < -0.3 is 14.8 Å². The first-order valence-electron chi connectivity index (χ1n) is 9.40. The van der Waals surface area contributed by atoms with Crippen LogP contribution in [0.15, 0.2) is 47.4 Å². The Hall–Kier alpha value is -2.76. The summed E-state index contributed by atoms with van der Waals surface area (Å²) >= 11 is 6.03. The van der Waals surface area contributed by atoms with Gasteiger partial charge in [-0.2, -0.15) is 13.1 Å². The van der Waals surface area contributed by atoms with Crippen LogP contribution in [-0.2, 0) is 19.6 Å². The highest BCUT2D eigenvalue weighted by Crippen LogP contribution is 2.26. The van der Waals surface area contributed by atoms with Gasteiger partial charge in [0.25, 0.3) is 5.91 Å². The Labute approximate surface area is 189 Å². The number of alkyl halides is 2. The summed E-state index contributed by atoms with van der Waals surface area (Å²) in [7, 11) is -3.91. The van der Waals surface area contributed by atoms with Crippen LogP contribution in [0.2, 0.25) is 5.02 Å². The highest BCUT2D eigenvalue weighted by Gasteiger charge is 2.26. The van der Waals surface area contributed by atoms with E-state index in [0.29, 0.717) is 0 Å². The van der Waals surface area contributed by atoms with Gasteiger partial charge in [-0.15, -0.1) is 0 Å². The Morgan fingerprint density at radius 1 is 1.09 bits per heavy atom. The fourth-order valence-corrected chi connectivity index (χ4v) is 4.62. The van der Waals surface area contributed by atoms with Crippen LogP contribution in [0.1, 0.15) is 24.2 Å². The lowest BCUT2D eigenvalue weighted by Gasteiger charge is -2.19. The second-order valence-corrected chi connectivity index (χ2v) is 8.58. The predicted octanol–water partition coefficient (Wildman–Crippen LogP) is 3.77. The second-order valence-electron chi connectivity index (χ2n) is 6.26. The molecule has 0 heterocycles. The summed E-state index contributed by atoms with van der Waals surface area (Å²) in [6.07, 6.45) is 0. The standard InChI is InChI=1S/C20H21ClF2N2O6S/c1-3-25(4-2)32(28,29)17-11-13(5-10-16(17)21)19(27)30-12-18(26)24-14-6-8-15(9-7-14)31-20(22)23/h5-11,20H,3-4,12H2,1-2H3,(H,24,26). The monoisotopic (exact) mass is 490 g/mol. The molecule has 0 spiro atoms. The van der Waals surface area contributed by atoms with Crippen LogP contribution in [0.3, 0.4) is 0 Å². The largest absolute Gasteiger partial charge is 0.452 e. The number of amides is 1. The Morgan fingerprint density at radius 2 is 1.72 bits per heavy atom. The minimum absolute atomic E-state index is 0.0505. The van der Waals surface area contributed by atoms with Crippen molar-refractivity contribution in [1.29, 1.82) is 0 Å². The molecule has 174 valence electrons. The van der Waals surface area contributed by atoms with Crippen molar-refractivity contribution >= 4 is 39.2 Å². The number of benzene rings is 2. The van der Waals surface area contributed by atoms with Crippen molar-refractivity contribution in [2.45, 2.75) is 25.4 Å². The summed E-state index contributed by atoms with van der Waals surface area (Å²) in [5.74, 6) is -1.69. The van der Waals surface area contributed by atoms with Gasteiger partial charge in [0.15, 0.2) is 6.61 Å². The van der Waals surface area contributed by atoms with Gasteiger partial charge in [-0.3, -0.25) is 4.79 Å². The van der Waals surface area contributed by atoms with E-state index in [4.69, 9.17) is 16.3 Å². The summed E-state index contributed by atoms with van der Waals surface area (Å²) < 4.78 is 60.1. The quantitative estimate of drug-likeness (QED) is 0.509. The number of esters is 1. The fraction of sp³-hybridized carbons (Fsp3) is 0.300. The molecule has 32 heavy (non-hydrogen) atoms. The molecule has 0 aromatic heterocycles. The van der Waals surface area contributed by atoms with E-state index in [1.165, 1.54) is 40.7 Å². The van der Waals surface area contributed by atoms with Crippen molar-refractivity contribution in [2.24, 2.45) is 0 Å². The van der Waals surface area contributed by atoms with Crippen LogP contribution in [-0.4, -0.2) is 50.9 Å². The second kappa shape index (κ2) is 11.2. The van der Waals surface area contributed by atoms with Crippen LogP contribution in [0.5, 0.6) is 5.75 Å². The number of halogens is 3. The first kappa shape index (κ1) is 25.5. The Kier molecular flexibility index (Phi) is 8.93. The molecule has 0 aliphatic heterocycles. The molecule has 0 atom stereocenters. The Balaban J connectivity index is 2.03. The molecule has 2 rings (SSSR count). The van der Waals surface area contributed by atoms with Gasteiger partial charge in [-0.1, -0.05) is 25.4 Å². The van der Waals surface area contributed by atoms with Gasteiger partial charge >= 0.3 is 12.6 Å². The summed E-state index contributed by atoms with van der Waals surface area (Å²) in [5, 5.41) is 2.37. The van der Waals surface area contributed by atoms with Gasteiger partial charge in [0.2, 0.25) is 10.0 Å². The number of nitrogens with one attached hydrogen (secondary N) is 1. The van der Waals surface area contributed by atoms with Gasteiger partial charge in [0.1, 0.15) is 10.6 Å². The van der Waals surface area contributed by atoms with E-state index in [9.17, 15) is 26.8 Å². The van der Waals surface area contributed by atoms with E-state index >= 15 is 0 Å². The molecule has 0 aliphatic rings. The molecule has 0 aliphatic carbocycles. The highest BCUT2D eigenvalue weighted by molar-refractivity contribution is 7.89. The van der Waals surface area contributed by atoms with Gasteiger partial charge in [-0.05, 0) is 42.5 Å². The maximum absolute atomic E-state index is 12.7. The molecule has 0 bridgehead atoms. The van der Waals surface area contributed by atoms with Crippen LogP contribution >= 0.6 is 11.6 Å². The van der Waals surface area contributed by atoms with E-state index in [1.54, 1.807) is 13.8 Å². The maximum atomic E-state index is 12.7. The minimum Gasteiger partial charge on any atom is -0.452 e. The molecule has 1 N–H and O–H groups in total. The number of hydrogen-bond donors (Lipinski definition) is 1. The van der Waals surface area contributed by atoms with Crippen LogP contribution in [0.25, 0.3) is 0 Å². The van der Waals surface area contributed by atoms with E-state index in [-0.39, 0.29) is 40.0 Å². The Morgan fingerprint density at radius 3 is 2.28 bits per heavy atom. The first-order chi connectivity index (χ1) is 15.1. The Bertz CT molecular complexity index is 1060. The third kappa shape index (κ3) is 6.62. The number of carbonyl (C=O) groups excluding carboxylic acids is 2. The number of rotatable bonds is 10. The molecule has 8 nitrogen and oxygen atoms in total. The average molecular weight is 491 g/mol. The number of nitrogens with zero attached hydrogens (tertiary/aromatic N) is 1. The molecule has 2 aromatic carbocycles. The molecular weight excluding hydrogens is 470 g/mol. The number of ether oxygens (including phenoxy) is 2. The molecule has 1 amide bonds. The van der Waals surface area contributed by atoms with Crippen LogP contribution in [0, 0.1) is 0 Å². The van der Waals surface area contributed by atoms with Crippen LogP contribution < -0.4 is 10.1 Å². The lowest BCUT2D eigenvalue weighted by Crippen LogP contribution is -2.31. The lowest BCUT2D eigenvalue weighted by molar-refractivity contribution is -0.119. The molecule has 0 fully saturated rings. The van der Waals surface area contributed by atoms with Gasteiger partial charge in [-0.25, -0.2) is 13.2 Å². The lowest BCUT2D eigenvalue weighted by atomic mass is 10.2. The third-order valence-corrected chi connectivity index (χ3v) is 6.72. The topological polar surface area (TPSA) is 102 Å². The zero-order valence-corrected chi connectivity index (χ0v) is 18.8. The van der Waals surface area contributed by atoms with Crippen molar-refractivity contribution in [3.8, 4) is 5.75 Å². The maximum Gasteiger partial charge on any atom is 0.387 e. The van der Waals surface area contributed by atoms with Crippen molar-refractivity contribution in [2.75, 3.05) is 25.0 Å². The van der Waals surface area contributed by atoms with Crippen molar-refractivity contribution < 1.29 is 36.3 Å². The number of carbonyl (C=O) groups is 2. The number of anilines is 1. The van der Waals surface area contributed by atoms with Crippen molar-refractivity contribution in [3.63, 3.8) is 0 Å². The minimum atomic E-state index is -3.91. The van der Waals surface area contributed by atoms with E-state index in [0.717, 1.165) is 6.07 Å². The van der Waals surface area contributed by atoms with Crippen molar-refractivity contribution in [1.82, 2.24) is 4.31 Å². The normalized spacial score (nSPS) is 11.5.